The number of anilines is 1. The van der Waals surface area contributed by atoms with Crippen molar-refractivity contribution >= 4 is 54.2 Å². The van der Waals surface area contributed by atoms with E-state index in [1.54, 1.807) is 26.8 Å². The first kappa shape index (κ1) is 44.5. The van der Waals surface area contributed by atoms with Crippen LogP contribution in [0.5, 0.6) is 0 Å². The Bertz CT molecular complexity index is 2120. The molecule has 0 saturated heterocycles. The second-order valence-electron chi connectivity index (χ2n) is 16.1. The Hall–Kier alpha value is -5.63. The molecule has 0 unspecified atom stereocenters. The quantitative estimate of drug-likeness (QED) is 0.0629. The molecule has 1 heterocycles. The van der Waals surface area contributed by atoms with Gasteiger partial charge in [0.25, 0.3) is 13.9 Å². The van der Waals surface area contributed by atoms with Gasteiger partial charge in [-0.15, -0.1) is 11.8 Å². The lowest BCUT2D eigenvalue weighted by molar-refractivity contribution is -0.118. The van der Waals surface area contributed by atoms with Crippen molar-refractivity contribution in [3.8, 4) is 0 Å². The number of aromatic nitrogens is 1. The third-order valence-electron chi connectivity index (χ3n) is 9.64. The van der Waals surface area contributed by atoms with Crippen LogP contribution in [0.1, 0.15) is 58.6 Å². The molecule has 13 heteroatoms. The molecule has 0 aliphatic heterocycles. The van der Waals surface area contributed by atoms with Crippen LogP contribution < -0.4 is 31.9 Å². The number of amides is 3. The number of benzene rings is 4. The Balaban J connectivity index is 1.48. The molecule has 0 bridgehead atoms. The number of methoxy groups -OCH3 is 1. The zero-order valence-corrected chi connectivity index (χ0v) is 36.4. The predicted molar refractivity (Wildman–Crippen MR) is 237 cm³/mol. The zero-order valence-electron chi connectivity index (χ0n) is 34.6. The second-order valence-corrected chi connectivity index (χ2v) is 21.4. The number of thioether (sulfide) groups is 1. The number of rotatable bonds is 15. The molecular formula is C46H54N4O7SSi. The first-order valence-corrected chi connectivity index (χ1v) is 22.4. The Kier molecular flexibility index (Phi) is 15.0. The molecule has 310 valence electrons. The summed E-state index contributed by atoms with van der Waals surface area (Å²) in [6.45, 7) is 12.0. The molecule has 0 saturated carbocycles. The number of nitrogens with one attached hydrogen (secondary N) is 4. The number of alkyl carbamates (subject to hydrolysis) is 2. The molecular weight excluding hydrogens is 781 g/mol. The van der Waals surface area contributed by atoms with Gasteiger partial charge in [0.15, 0.2) is 0 Å². The third kappa shape index (κ3) is 11.5. The maximum atomic E-state index is 14.4. The van der Waals surface area contributed by atoms with Crippen LogP contribution >= 0.6 is 11.8 Å². The Morgan fingerprint density at radius 1 is 0.712 bits per heavy atom. The van der Waals surface area contributed by atoms with E-state index in [1.165, 1.54) is 25.1 Å². The van der Waals surface area contributed by atoms with Gasteiger partial charge in [0.2, 0.25) is 5.91 Å². The first-order chi connectivity index (χ1) is 28.1. The van der Waals surface area contributed by atoms with Gasteiger partial charge < -0.3 is 34.8 Å². The third-order valence-corrected chi connectivity index (χ3v) is 15.9. The minimum Gasteiger partial charge on any atom is -0.453 e. The van der Waals surface area contributed by atoms with E-state index in [9.17, 15) is 19.2 Å². The number of carbonyl (C=O) groups excluding carboxylic acids is 3. The van der Waals surface area contributed by atoms with E-state index >= 15 is 0 Å². The molecule has 0 fully saturated rings. The van der Waals surface area contributed by atoms with Gasteiger partial charge in [-0.1, -0.05) is 142 Å². The average molecular weight is 835 g/mol. The maximum absolute atomic E-state index is 14.4. The molecule has 59 heavy (non-hydrogen) atoms. The molecule has 3 amide bonds. The highest BCUT2D eigenvalue weighted by atomic mass is 32.2. The van der Waals surface area contributed by atoms with Crippen molar-refractivity contribution in [1.29, 1.82) is 0 Å². The molecule has 0 aliphatic carbocycles. The summed E-state index contributed by atoms with van der Waals surface area (Å²) >= 11 is 1.27. The summed E-state index contributed by atoms with van der Waals surface area (Å²) in [6.07, 6.45) is 0.0739. The van der Waals surface area contributed by atoms with Crippen molar-refractivity contribution in [2.45, 2.75) is 75.1 Å². The van der Waals surface area contributed by atoms with Gasteiger partial charge in [0.05, 0.1) is 19.8 Å². The van der Waals surface area contributed by atoms with Crippen molar-refractivity contribution < 1.29 is 28.3 Å². The average Bonchev–Trinajstić information content (AvgIpc) is 3.21. The van der Waals surface area contributed by atoms with E-state index in [1.807, 2.05) is 97.1 Å². The smallest absolute Gasteiger partial charge is 0.407 e. The highest BCUT2D eigenvalue weighted by molar-refractivity contribution is 7.99. The summed E-state index contributed by atoms with van der Waals surface area (Å²) in [5.41, 5.74) is 0.226. The van der Waals surface area contributed by atoms with E-state index in [0.29, 0.717) is 4.90 Å². The molecule has 11 nitrogen and oxygen atoms in total. The Labute approximate surface area is 351 Å². The van der Waals surface area contributed by atoms with Crippen molar-refractivity contribution in [1.82, 2.24) is 15.6 Å². The first-order valence-electron chi connectivity index (χ1n) is 19.5. The monoisotopic (exact) mass is 834 g/mol. The number of pyridine rings is 1. The summed E-state index contributed by atoms with van der Waals surface area (Å²) in [5.74, 6) is -1.04. The van der Waals surface area contributed by atoms with Crippen molar-refractivity contribution in [3.63, 3.8) is 0 Å². The Morgan fingerprint density at radius 2 is 1.22 bits per heavy atom. The fraction of sp³-hybridized carbons (Fsp3) is 0.304. The van der Waals surface area contributed by atoms with Gasteiger partial charge in [-0.25, -0.2) is 9.59 Å². The fourth-order valence-corrected chi connectivity index (χ4v) is 12.7. The summed E-state index contributed by atoms with van der Waals surface area (Å²) in [6, 6.07) is 39.0. The minimum atomic E-state index is -3.01. The van der Waals surface area contributed by atoms with Crippen molar-refractivity contribution in [3.05, 3.63) is 155 Å². The highest BCUT2D eigenvalue weighted by Crippen LogP contribution is 2.37. The van der Waals surface area contributed by atoms with Gasteiger partial charge in [0, 0.05) is 22.8 Å². The van der Waals surface area contributed by atoms with E-state index in [4.69, 9.17) is 13.9 Å². The van der Waals surface area contributed by atoms with Crippen molar-refractivity contribution in [2.24, 2.45) is 0 Å². The van der Waals surface area contributed by atoms with Crippen LogP contribution in [0.4, 0.5) is 15.3 Å². The van der Waals surface area contributed by atoms with Gasteiger partial charge in [0.1, 0.15) is 17.3 Å². The van der Waals surface area contributed by atoms with Crippen LogP contribution in [0.2, 0.25) is 5.04 Å². The molecule has 4 aromatic carbocycles. The van der Waals surface area contributed by atoms with Gasteiger partial charge in [-0.2, -0.15) is 0 Å². The fourth-order valence-electron chi connectivity index (χ4n) is 7.07. The predicted octanol–water partition coefficient (Wildman–Crippen LogP) is 7.43. The van der Waals surface area contributed by atoms with Crippen LogP contribution in [0.3, 0.4) is 0 Å². The van der Waals surface area contributed by atoms with E-state index in [2.05, 4.69) is 66.0 Å². The van der Waals surface area contributed by atoms with Crippen LogP contribution in [-0.4, -0.2) is 68.5 Å². The summed E-state index contributed by atoms with van der Waals surface area (Å²) < 4.78 is 17.9. The number of aromatic amines is 1. The molecule has 4 N–H and O–H groups in total. The minimum absolute atomic E-state index is 0.0111. The number of hydrogen-bond donors (Lipinski definition) is 4. The van der Waals surface area contributed by atoms with Gasteiger partial charge in [-0.05, 0) is 53.4 Å². The summed E-state index contributed by atoms with van der Waals surface area (Å²) in [4.78, 5) is 57.2. The molecule has 1 aromatic heterocycles. The van der Waals surface area contributed by atoms with E-state index in [-0.39, 0.29) is 23.1 Å². The van der Waals surface area contributed by atoms with E-state index < -0.39 is 55.6 Å². The van der Waals surface area contributed by atoms with Crippen LogP contribution in [0.25, 0.3) is 0 Å². The second kappa shape index (κ2) is 19.9. The number of hydrogen-bond acceptors (Lipinski definition) is 8. The molecule has 2 atom stereocenters. The van der Waals surface area contributed by atoms with Crippen LogP contribution in [0, 0.1) is 0 Å². The number of ether oxygens (including phenoxy) is 2. The van der Waals surface area contributed by atoms with Crippen LogP contribution in [-0.2, 0) is 18.7 Å². The maximum Gasteiger partial charge on any atom is 0.407 e. The van der Waals surface area contributed by atoms with Crippen LogP contribution in [0.15, 0.2) is 143 Å². The SMILES string of the molecule is COC(=O)N[C@H](C(=O)Nc1c(SC[C@@H](CO[Si](c2ccccc2)(c2ccccc2)C(C)(C)C)NC(=O)OC(C)(C)C)cc[nH]c1=O)C(c1ccccc1)c1ccccc1. The molecule has 0 spiro atoms. The molecule has 0 aliphatic rings. The molecule has 5 aromatic rings. The summed E-state index contributed by atoms with van der Waals surface area (Å²) in [7, 11) is -1.79. The zero-order chi connectivity index (χ0) is 42.6. The largest absolute Gasteiger partial charge is 0.453 e. The lowest BCUT2D eigenvalue weighted by atomic mass is 9.84. The number of carbonyl (C=O) groups is 3. The highest BCUT2D eigenvalue weighted by Gasteiger charge is 2.50. The van der Waals surface area contributed by atoms with Crippen molar-refractivity contribution in [2.75, 3.05) is 24.8 Å². The lowest BCUT2D eigenvalue weighted by Gasteiger charge is -2.43. The normalized spacial score (nSPS) is 12.9. The standard InChI is InChI=1S/C46H54N4O7SSi/c1-45(2,3)57-44(54)48-34(30-56-59(46(4,5)6,35-24-16-10-17-25-35)36-26-18-11-19-27-36)31-58-37-28-29-47-41(51)39(37)49-42(52)40(50-43(53)55-7)38(32-20-12-8-13-21-32)33-22-14-9-15-23-33/h8-29,34,38,40H,30-31H2,1-7H3,(H,47,51)(H,48,54)(H,49,52)(H,50,53)/t34-,40+/m1/s1. The number of H-pyrrole nitrogens is 1. The topological polar surface area (TPSA) is 148 Å². The summed E-state index contributed by atoms with van der Waals surface area (Å²) in [5, 5.41) is 10.4. The molecule has 0 radical (unpaired) electrons. The van der Waals surface area contributed by atoms with Gasteiger partial charge >= 0.3 is 12.2 Å². The van der Waals surface area contributed by atoms with Gasteiger partial charge in [-0.3, -0.25) is 9.59 Å². The lowest BCUT2D eigenvalue weighted by Crippen LogP contribution is -2.67. The van der Waals surface area contributed by atoms with E-state index in [0.717, 1.165) is 21.5 Å². The molecule has 5 rings (SSSR count). The Morgan fingerprint density at radius 3 is 1.69 bits per heavy atom.